The number of hydrogen-bond acceptors (Lipinski definition) is 6. The number of amides is 4. The molecule has 2 heterocycles. The summed E-state index contributed by atoms with van der Waals surface area (Å²) in [6.45, 7) is 2.05. The van der Waals surface area contributed by atoms with E-state index in [0.29, 0.717) is 16.8 Å². The molecule has 6 unspecified atom stereocenters. The first-order valence-electron chi connectivity index (χ1n) is 13.1. The van der Waals surface area contributed by atoms with Gasteiger partial charge in [0.2, 0.25) is 11.8 Å². The molecule has 3 fully saturated rings. The van der Waals surface area contributed by atoms with Gasteiger partial charge in [-0.2, -0.15) is 0 Å². The van der Waals surface area contributed by atoms with E-state index in [1.54, 1.807) is 43.3 Å². The number of benzene rings is 2. The van der Waals surface area contributed by atoms with Crippen LogP contribution in [0.15, 0.2) is 58.6 Å². The molecule has 0 spiro atoms. The quantitative estimate of drug-likeness (QED) is 0.190. The van der Waals surface area contributed by atoms with Gasteiger partial charge in [-0.25, -0.2) is 0 Å². The van der Waals surface area contributed by atoms with Crippen molar-refractivity contribution in [2.24, 2.45) is 17.8 Å². The summed E-state index contributed by atoms with van der Waals surface area (Å²) in [5.41, 5.74) is 1.52. The van der Waals surface area contributed by atoms with Gasteiger partial charge in [-0.15, -0.1) is 23.2 Å². The van der Waals surface area contributed by atoms with Gasteiger partial charge >= 0.3 is 0 Å². The van der Waals surface area contributed by atoms with Crippen molar-refractivity contribution in [3.8, 4) is 11.5 Å². The van der Waals surface area contributed by atoms with Crippen LogP contribution in [0.2, 0.25) is 0 Å². The number of phenolic OH excluding ortho intramolecular Hbond substituents is 1. The number of aromatic hydroxyl groups is 1. The second-order valence-electron chi connectivity index (χ2n) is 10.6. The van der Waals surface area contributed by atoms with E-state index in [2.05, 4.69) is 31.9 Å². The number of hydrogen-bond donors (Lipinski definition) is 1. The number of halogens is 4. The van der Waals surface area contributed by atoms with Gasteiger partial charge in [0.05, 0.1) is 29.6 Å². The van der Waals surface area contributed by atoms with Crippen LogP contribution in [0, 0.1) is 17.8 Å². The van der Waals surface area contributed by atoms with Gasteiger partial charge in [-0.3, -0.25) is 29.0 Å². The van der Waals surface area contributed by atoms with Crippen molar-refractivity contribution in [3.05, 3.63) is 64.1 Å². The Hall–Kier alpha value is -2.40. The third kappa shape index (κ3) is 3.90. The summed E-state index contributed by atoms with van der Waals surface area (Å²) in [5, 5.41) is 10.4. The molecule has 4 aliphatic rings. The molecule has 1 saturated carbocycles. The molecule has 6 atom stereocenters. The molecule has 8 nitrogen and oxygen atoms in total. The molecule has 0 radical (unpaired) electrons. The van der Waals surface area contributed by atoms with Crippen molar-refractivity contribution in [3.63, 3.8) is 0 Å². The average molecular weight is 727 g/mol. The predicted molar refractivity (Wildman–Crippen MR) is 159 cm³/mol. The lowest BCUT2D eigenvalue weighted by Gasteiger charge is -2.50. The zero-order chi connectivity index (χ0) is 29.4. The Morgan fingerprint density at radius 3 is 2.39 bits per heavy atom. The van der Waals surface area contributed by atoms with E-state index in [1.807, 2.05) is 6.08 Å². The number of carbonyl (C=O) groups excluding carboxylic acids is 4. The fourth-order valence-corrected chi connectivity index (χ4v) is 8.64. The van der Waals surface area contributed by atoms with Gasteiger partial charge in [-0.05, 0) is 67.6 Å². The molecule has 2 saturated heterocycles. The number of carbonyl (C=O) groups is 4. The highest BCUT2D eigenvalue weighted by molar-refractivity contribution is 9.10. The number of nitrogens with zero attached hydrogens (tertiary/aromatic N) is 2. The van der Waals surface area contributed by atoms with Gasteiger partial charge < -0.3 is 9.84 Å². The van der Waals surface area contributed by atoms with Crippen LogP contribution in [0.4, 0.5) is 5.69 Å². The minimum absolute atomic E-state index is 0.0980. The smallest absolute Gasteiger partial charge is 0.254 e. The Morgan fingerprint density at radius 2 is 1.73 bits per heavy atom. The lowest BCUT2D eigenvalue weighted by molar-refractivity contribution is -0.138. The number of anilines is 1. The number of fused-ring (bicyclic) bond motifs is 4. The minimum Gasteiger partial charge on any atom is -0.504 e. The zero-order valence-electron chi connectivity index (χ0n) is 21.7. The first-order chi connectivity index (χ1) is 19.5. The lowest BCUT2D eigenvalue weighted by atomic mass is 9.56. The summed E-state index contributed by atoms with van der Waals surface area (Å²) < 4.78 is 6.42. The first kappa shape index (κ1) is 28.7. The first-order valence-corrected chi connectivity index (χ1v) is 15.8. The maximum Gasteiger partial charge on any atom is 0.254 e. The Morgan fingerprint density at radius 1 is 1.02 bits per heavy atom. The van der Waals surface area contributed by atoms with Crippen molar-refractivity contribution < 1.29 is 29.0 Å². The van der Waals surface area contributed by atoms with Crippen LogP contribution in [0.3, 0.4) is 0 Å². The molecule has 2 aliphatic heterocycles. The van der Waals surface area contributed by atoms with Crippen LogP contribution >= 0.6 is 55.1 Å². The highest BCUT2D eigenvalue weighted by Gasteiger charge is 2.76. The molecule has 0 bridgehead atoms. The van der Waals surface area contributed by atoms with E-state index >= 15 is 0 Å². The number of allylic oxidation sites excluding steroid dienone is 2. The number of phenols is 1. The van der Waals surface area contributed by atoms with Gasteiger partial charge in [0.1, 0.15) is 0 Å². The van der Waals surface area contributed by atoms with Crippen molar-refractivity contribution in [2.45, 2.75) is 35.4 Å². The summed E-state index contributed by atoms with van der Waals surface area (Å²) >= 11 is 21.1. The van der Waals surface area contributed by atoms with E-state index in [9.17, 15) is 24.3 Å². The van der Waals surface area contributed by atoms with E-state index in [4.69, 9.17) is 27.9 Å². The summed E-state index contributed by atoms with van der Waals surface area (Å²) in [6.07, 6.45) is 2.03. The topological polar surface area (TPSA) is 104 Å². The molecule has 12 heteroatoms. The Bertz CT molecular complexity index is 1530. The van der Waals surface area contributed by atoms with Crippen LogP contribution < -0.4 is 9.64 Å². The van der Waals surface area contributed by atoms with E-state index in [1.165, 1.54) is 11.0 Å². The maximum atomic E-state index is 14.0. The molecule has 214 valence electrons. The third-order valence-corrected chi connectivity index (χ3v) is 11.2. The second-order valence-corrected chi connectivity index (χ2v) is 13.3. The summed E-state index contributed by atoms with van der Waals surface area (Å²) in [7, 11) is 0. The molecular weight excluding hydrogens is 703 g/mol. The Balaban J connectivity index is 1.52. The molecule has 2 aromatic carbocycles. The van der Waals surface area contributed by atoms with Gasteiger partial charge in [0.15, 0.2) is 21.2 Å². The Kier molecular flexibility index (Phi) is 7.08. The highest BCUT2D eigenvalue weighted by Crippen LogP contribution is 2.65. The summed E-state index contributed by atoms with van der Waals surface area (Å²) in [6, 6.07) is 11.5. The molecule has 41 heavy (non-hydrogen) atoms. The van der Waals surface area contributed by atoms with E-state index in [-0.39, 0.29) is 48.2 Å². The van der Waals surface area contributed by atoms with E-state index < -0.39 is 45.2 Å². The predicted octanol–water partition coefficient (Wildman–Crippen LogP) is 5.47. The molecule has 0 aromatic heterocycles. The van der Waals surface area contributed by atoms with Crippen molar-refractivity contribution in [1.82, 2.24) is 4.90 Å². The van der Waals surface area contributed by atoms with Crippen LogP contribution in [-0.4, -0.2) is 55.4 Å². The molecule has 1 N–H and O–H groups in total. The minimum atomic E-state index is -1.92. The van der Waals surface area contributed by atoms with Gasteiger partial charge in [-0.1, -0.05) is 49.6 Å². The average Bonchev–Trinajstić information content (AvgIpc) is 3.28. The molecule has 2 aromatic rings. The van der Waals surface area contributed by atoms with Crippen molar-refractivity contribution in [2.75, 3.05) is 17.0 Å². The standard InChI is InChI=1S/C29H24Br2Cl2N2O6/c1-2-41-21-11-14(3-10-20(21)36)23-17-8-9-18-22(25(38)35(24(18)37)16-6-4-15(31)5-7-16)19(17)12-28(32)26(39)34(13-30)27(40)29(23,28)33/h3-8,10-11,18-19,22-23,36H,2,9,12-13H2,1H3. The second kappa shape index (κ2) is 10.1. The third-order valence-electron chi connectivity index (χ3n) is 8.72. The van der Waals surface area contributed by atoms with Gasteiger partial charge in [0.25, 0.3) is 11.8 Å². The number of ether oxygens (including phenoxy) is 1. The normalized spacial score (nSPS) is 32.6. The monoisotopic (exact) mass is 724 g/mol. The highest BCUT2D eigenvalue weighted by atomic mass is 79.9. The number of alkyl halides is 3. The van der Waals surface area contributed by atoms with Crippen molar-refractivity contribution in [1.29, 1.82) is 0 Å². The fourth-order valence-electron chi connectivity index (χ4n) is 6.95. The van der Waals surface area contributed by atoms with Crippen LogP contribution in [-0.2, 0) is 19.2 Å². The molecule has 6 rings (SSSR count). The van der Waals surface area contributed by atoms with E-state index in [0.717, 1.165) is 9.37 Å². The lowest BCUT2D eigenvalue weighted by Crippen LogP contribution is -2.60. The SMILES string of the molecule is CCOc1cc(C2C3=CCC4C(=O)N(c5ccc(Br)cc5)C(=O)C4C3CC3(Cl)C(=O)N(CBr)C(=O)C23Cl)ccc1O. The summed E-state index contributed by atoms with van der Waals surface area (Å²) in [4.78, 5) is 53.6. The van der Waals surface area contributed by atoms with Crippen LogP contribution in [0.25, 0.3) is 0 Å². The number of likely N-dealkylation sites (tertiary alicyclic amines) is 1. The summed E-state index contributed by atoms with van der Waals surface area (Å²) in [5.74, 6) is -4.96. The van der Waals surface area contributed by atoms with Crippen molar-refractivity contribution >= 4 is 84.4 Å². The molecule has 4 amide bonds. The van der Waals surface area contributed by atoms with Crippen LogP contribution in [0.5, 0.6) is 11.5 Å². The largest absolute Gasteiger partial charge is 0.504 e. The Labute approximate surface area is 262 Å². The maximum absolute atomic E-state index is 14.0. The van der Waals surface area contributed by atoms with Gasteiger partial charge in [0, 0.05) is 10.4 Å². The molecule has 2 aliphatic carbocycles. The zero-order valence-corrected chi connectivity index (χ0v) is 26.3. The number of rotatable bonds is 5. The molecular formula is C29H24Br2Cl2N2O6. The fraction of sp³-hybridized carbons (Fsp3) is 0.379. The number of imide groups is 2. The van der Waals surface area contributed by atoms with Crippen LogP contribution in [0.1, 0.15) is 31.2 Å².